The van der Waals surface area contributed by atoms with Crippen molar-refractivity contribution in [1.29, 1.82) is 0 Å². The van der Waals surface area contributed by atoms with Crippen LogP contribution in [-0.2, 0) is 9.53 Å². The van der Waals surface area contributed by atoms with E-state index in [1.54, 1.807) is 0 Å². The number of nitrogens with zero attached hydrogens (tertiary/aromatic N) is 2. The summed E-state index contributed by atoms with van der Waals surface area (Å²) in [5, 5.41) is 3.42. The SMILES string of the molecule is CCNC(=NCC1CCCCC1C)N1CCC(C(=O)OC)CC1. The zero-order valence-corrected chi connectivity index (χ0v) is 15.0. The van der Waals surface area contributed by atoms with Crippen LogP contribution in [0.15, 0.2) is 4.99 Å². The van der Waals surface area contributed by atoms with Crippen molar-refractivity contribution in [3.63, 3.8) is 0 Å². The van der Waals surface area contributed by atoms with E-state index in [1.807, 2.05) is 0 Å². The lowest BCUT2D eigenvalue weighted by Gasteiger charge is -2.34. The number of hydrogen-bond acceptors (Lipinski definition) is 3. The Labute approximate surface area is 140 Å². The molecule has 2 fully saturated rings. The molecule has 2 rings (SSSR count). The molecule has 2 aliphatic rings. The second-order valence-corrected chi connectivity index (χ2v) is 7.00. The third kappa shape index (κ3) is 5.11. The highest BCUT2D eigenvalue weighted by Gasteiger charge is 2.27. The number of ether oxygens (including phenoxy) is 1. The minimum absolute atomic E-state index is 0.0532. The van der Waals surface area contributed by atoms with Crippen molar-refractivity contribution in [2.75, 3.05) is 33.3 Å². The molecule has 0 aromatic carbocycles. The van der Waals surface area contributed by atoms with E-state index in [-0.39, 0.29) is 11.9 Å². The second-order valence-electron chi connectivity index (χ2n) is 7.00. The topological polar surface area (TPSA) is 53.9 Å². The molecule has 0 radical (unpaired) electrons. The molecule has 1 N–H and O–H groups in total. The van der Waals surface area contributed by atoms with Crippen LogP contribution in [0.25, 0.3) is 0 Å². The minimum atomic E-state index is -0.0670. The van der Waals surface area contributed by atoms with Gasteiger partial charge >= 0.3 is 5.97 Å². The van der Waals surface area contributed by atoms with Crippen molar-refractivity contribution < 1.29 is 9.53 Å². The lowest BCUT2D eigenvalue weighted by Crippen LogP contribution is -2.47. The first-order valence-electron chi connectivity index (χ1n) is 9.26. The molecule has 1 heterocycles. The van der Waals surface area contributed by atoms with Crippen LogP contribution in [0.4, 0.5) is 0 Å². The molecule has 1 aliphatic heterocycles. The fourth-order valence-corrected chi connectivity index (χ4v) is 3.79. The monoisotopic (exact) mass is 323 g/mol. The third-order valence-electron chi connectivity index (χ3n) is 5.43. The Hall–Kier alpha value is -1.26. The van der Waals surface area contributed by atoms with Gasteiger partial charge in [0, 0.05) is 26.2 Å². The van der Waals surface area contributed by atoms with E-state index < -0.39 is 0 Å². The van der Waals surface area contributed by atoms with Gasteiger partial charge < -0.3 is 15.0 Å². The van der Waals surface area contributed by atoms with Gasteiger partial charge in [-0.25, -0.2) is 0 Å². The third-order valence-corrected chi connectivity index (χ3v) is 5.43. The van der Waals surface area contributed by atoms with Crippen LogP contribution in [0.5, 0.6) is 0 Å². The number of esters is 1. The molecule has 1 saturated heterocycles. The fourth-order valence-electron chi connectivity index (χ4n) is 3.79. The Morgan fingerprint density at radius 3 is 2.52 bits per heavy atom. The van der Waals surface area contributed by atoms with Gasteiger partial charge in [-0.05, 0) is 38.0 Å². The Balaban J connectivity index is 1.90. The summed E-state index contributed by atoms with van der Waals surface area (Å²) < 4.78 is 4.87. The maximum Gasteiger partial charge on any atom is 0.308 e. The van der Waals surface area contributed by atoms with Gasteiger partial charge in [0.25, 0.3) is 0 Å². The highest BCUT2D eigenvalue weighted by atomic mass is 16.5. The van der Waals surface area contributed by atoms with Gasteiger partial charge in [0.05, 0.1) is 13.0 Å². The molecule has 0 amide bonds. The van der Waals surface area contributed by atoms with Gasteiger partial charge in [-0.2, -0.15) is 0 Å². The van der Waals surface area contributed by atoms with Crippen LogP contribution in [0.2, 0.25) is 0 Å². The first-order chi connectivity index (χ1) is 11.2. The summed E-state index contributed by atoms with van der Waals surface area (Å²) in [5.74, 6) is 2.53. The Morgan fingerprint density at radius 2 is 1.91 bits per heavy atom. The number of piperidine rings is 1. The highest BCUT2D eigenvalue weighted by molar-refractivity contribution is 5.80. The van der Waals surface area contributed by atoms with Crippen LogP contribution >= 0.6 is 0 Å². The maximum atomic E-state index is 11.7. The predicted molar refractivity (Wildman–Crippen MR) is 93.4 cm³/mol. The van der Waals surface area contributed by atoms with Crippen LogP contribution in [0.1, 0.15) is 52.4 Å². The smallest absolute Gasteiger partial charge is 0.308 e. The van der Waals surface area contributed by atoms with E-state index in [0.717, 1.165) is 56.8 Å². The number of hydrogen-bond donors (Lipinski definition) is 1. The highest BCUT2D eigenvalue weighted by Crippen LogP contribution is 2.29. The van der Waals surface area contributed by atoms with Gasteiger partial charge in [-0.1, -0.05) is 26.2 Å². The first-order valence-corrected chi connectivity index (χ1v) is 9.26. The number of aliphatic imine (C=N–C) groups is 1. The average molecular weight is 323 g/mol. The fraction of sp³-hybridized carbons (Fsp3) is 0.889. The zero-order valence-electron chi connectivity index (χ0n) is 15.0. The summed E-state index contributed by atoms with van der Waals surface area (Å²) in [4.78, 5) is 18.9. The van der Waals surface area contributed by atoms with E-state index in [2.05, 4.69) is 24.1 Å². The molecule has 0 aromatic heterocycles. The average Bonchev–Trinajstić information content (AvgIpc) is 2.59. The zero-order chi connectivity index (χ0) is 16.7. The minimum Gasteiger partial charge on any atom is -0.469 e. The van der Waals surface area contributed by atoms with E-state index in [4.69, 9.17) is 9.73 Å². The molecule has 0 bridgehead atoms. The lowest BCUT2D eigenvalue weighted by atomic mass is 9.80. The van der Waals surface area contributed by atoms with Gasteiger partial charge in [0.2, 0.25) is 0 Å². The van der Waals surface area contributed by atoms with Crippen molar-refractivity contribution in [1.82, 2.24) is 10.2 Å². The number of nitrogens with one attached hydrogen (secondary N) is 1. The number of rotatable bonds is 4. The number of likely N-dealkylation sites (tertiary alicyclic amines) is 1. The van der Waals surface area contributed by atoms with E-state index in [0.29, 0.717) is 0 Å². The first kappa shape index (κ1) is 18.1. The quantitative estimate of drug-likeness (QED) is 0.491. The summed E-state index contributed by atoms with van der Waals surface area (Å²) >= 11 is 0. The van der Waals surface area contributed by atoms with Gasteiger partial charge in [-0.15, -0.1) is 0 Å². The number of guanidine groups is 1. The molecule has 5 heteroatoms. The Morgan fingerprint density at radius 1 is 1.22 bits per heavy atom. The molecule has 1 saturated carbocycles. The van der Waals surface area contributed by atoms with Crippen LogP contribution in [0.3, 0.4) is 0 Å². The van der Waals surface area contributed by atoms with Crippen molar-refractivity contribution in [2.24, 2.45) is 22.7 Å². The summed E-state index contributed by atoms with van der Waals surface area (Å²) in [6.07, 6.45) is 7.11. The molecule has 2 unspecified atom stereocenters. The Bertz CT molecular complexity index is 403. The standard InChI is InChI=1S/C18H33N3O2/c1-4-19-18(20-13-16-8-6-5-7-14(16)2)21-11-9-15(10-12-21)17(22)23-3/h14-16H,4-13H2,1-3H3,(H,19,20). The summed E-state index contributed by atoms with van der Waals surface area (Å²) in [5.41, 5.74) is 0. The van der Waals surface area contributed by atoms with Crippen molar-refractivity contribution in [3.8, 4) is 0 Å². The van der Waals surface area contributed by atoms with Gasteiger partial charge in [0.15, 0.2) is 5.96 Å². The van der Waals surface area contributed by atoms with E-state index in [9.17, 15) is 4.79 Å². The number of methoxy groups -OCH3 is 1. The van der Waals surface area contributed by atoms with Crippen LogP contribution < -0.4 is 5.32 Å². The molecule has 1 aliphatic carbocycles. The largest absolute Gasteiger partial charge is 0.469 e. The molecular formula is C18H33N3O2. The second kappa shape index (κ2) is 9.14. The molecule has 0 spiro atoms. The van der Waals surface area contributed by atoms with Crippen LogP contribution in [0, 0.1) is 17.8 Å². The van der Waals surface area contributed by atoms with Crippen molar-refractivity contribution in [2.45, 2.75) is 52.4 Å². The summed E-state index contributed by atoms with van der Waals surface area (Å²) in [7, 11) is 1.48. The summed E-state index contributed by atoms with van der Waals surface area (Å²) in [6, 6.07) is 0. The molecule has 2 atom stereocenters. The molecule has 5 nitrogen and oxygen atoms in total. The van der Waals surface area contributed by atoms with Crippen molar-refractivity contribution in [3.05, 3.63) is 0 Å². The van der Waals surface area contributed by atoms with Crippen LogP contribution in [-0.4, -0.2) is 50.1 Å². The van der Waals surface area contributed by atoms with Crippen molar-refractivity contribution >= 4 is 11.9 Å². The molecular weight excluding hydrogens is 290 g/mol. The van der Waals surface area contributed by atoms with Gasteiger partial charge in [-0.3, -0.25) is 9.79 Å². The van der Waals surface area contributed by atoms with Gasteiger partial charge in [0.1, 0.15) is 0 Å². The predicted octanol–water partition coefficient (Wildman–Crippen LogP) is 2.66. The number of carbonyl (C=O) groups excluding carboxylic acids is 1. The maximum absolute atomic E-state index is 11.7. The van der Waals surface area contributed by atoms with E-state index >= 15 is 0 Å². The Kier molecular flexibility index (Phi) is 7.18. The normalized spacial score (nSPS) is 26.9. The summed E-state index contributed by atoms with van der Waals surface area (Å²) in [6.45, 7) is 8.06. The van der Waals surface area contributed by atoms with E-state index in [1.165, 1.54) is 32.8 Å². The number of carbonyl (C=O) groups is 1. The lowest BCUT2D eigenvalue weighted by molar-refractivity contribution is -0.146. The molecule has 0 aromatic rings. The molecule has 132 valence electrons. The molecule has 23 heavy (non-hydrogen) atoms.